The van der Waals surface area contributed by atoms with Gasteiger partial charge in [-0.1, -0.05) is 36.4 Å². The summed E-state index contributed by atoms with van der Waals surface area (Å²) >= 11 is 0. The highest BCUT2D eigenvalue weighted by Gasteiger charge is 2.30. The van der Waals surface area contributed by atoms with Crippen molar-refractivity contribution in [1.29, 1.82) is 0 Å². The van der Waals surface area contributed by atoms with E-state index in [0.717, 1.165) is 24.0 Å². The van der Waals surface area contributed by atoms with Crippen molar-refractivity contribution in [3.63, 3.8) is 0 Å². The van der Waals surface area contributed by atoms with E-state index in [1.54, 1.807) is 12.1 Å². The molecule has 0 saturated carbocycles. The summed E-state index contributed by atoms with van der Waals surface area (Å²) in [6, 6.07) is 13.6. The summed E-state index contributed by atoms with van der Waals surface area (Å²) < 4.78 is 0. The van der Waals surface area contributed by atoms with Gasteiger partial charge in [-0.3, -0.25) is 10.1 Å². The van der Waals surface area contributed by atoms with E-state index >= 15 is 0 Å². The number of nitrogens with zero attached hydrogens (tertiary/aromatic N) is 1. The third-order valence-electron chi connectivity index (χ3n) is 4.50. The Morgan fingerprint density at radius 2 is 2.00 bits per heavy atom. The van der Waals surface area contributed by atoms with Gasteiger partial charge >= 0.3 is 0 Å². The Hall–Kier alpha value is -2.20. The van der Waals surface area contributed by atoms with E-state index < -0.39 is 0 Å². The predicted octanol–water partition coefficient (Wildman–Crippen LogP) is 3.32. The smallest absolute Gasteiger partial charge is 0.272 e. The molecule has 4 nitrogen and oxygen atoms in total. The largest absolute Gasteiger partial charge is 0.324 e. The van der Waals surface area contributed by atoms with Gasteiger partial charge in [0.1, 0.15) is 0 Å². The first kappa shape index (κ1) is 13.8. The Bertz CT molecular complexity index is 697. The lowest BCUT2D eigenvalue weighted by molar-refractivity contribution is -0.385. The number of benzene rings is 2. The molecule has 2 N–H and O–H groups in total. The molecule has 0 spiro atoms. The summed E-state index contributed by atoms with van der Waals surface area (Å²) in [6.45, 7) is 1.82. The van der Waals surface area contributed by atoms with Crippen LogP contribution in [0.25, 0.3) is 0 Å². The highest BCUT2D eigenvalue weighted by atomic mass is 16.6. The first-order chi connectivity index (χ1) is 10.1. The highest BCUT2D eigenvalue weighted by molar-refractivity contribution is 5.45. The van der Waals surface area contributed by atoms with Gasteiger partial charge in [0.25, 0.3) is 5.69 Å². The first-order valence-electron chi connectivity index (χ1n) is 7.14. The van der Waals surface area contributed by atoms with Gasteiger partial charge in [0.15, 0.2) is 0 Å². The van der Waals surface area contributed by atoms with Crippen LogP contribution in [-0.4, -0.2) is 4.92 Å². The van der Waals surface area contributed by atoms with E-state index in [0.29, 0.717) is 5.92 Å². The lowest BCUT2D eigenvalue weighted by Crippen LogP contribution is -2.19. The van der Waals surface area contributed by atoms with E-state index in [1.165, 1.54) is 11.1 Å². The second-order valence-corrected chi connectivity index (χ2v) is 5.71. The van der Waals surface area contributed by atoms with Crippen molar-refractivity contribution >= 4 is 5.69 Å². The van der Waals surface area contributed by atoms with Crippen LogP contribution in [0.2, 0.25) is 0 Å². The Labute approximate surface area is 123 Å². The van der Waals surface area contributed by atoms with Gasteiger partial charge in [-0.05, 0) is 42.4 Å². The zero-order valence-corrected chi connectivity index (χ0v) is 12.0. The number of hydrogen-bond acceptors (Lipinski definition) is 3. The first-order valence-corrected chi connectivity index (χ1v) is 7.14. The Balaban J connectivity index is 1.86. The summed E-state index contributed by atoms with van der Waals surface area (Å²) in [6.07, 6.45) is 1.73. The summed E-state index contributed by atoms with van der Waals surface area (Å²) in [5.41, 5.74) is 10.8. The van der Waals surface area contributed by atoms with Gasteiger partial charge in [-0.15, -0.1) is 0 Å². The van der Waals surface area contributed by atoms with Gasteiger partial charge < -0.3 is 5.73 Å². The summed E-state index contributed by atoms with van der Waals surface area (Å²) in [5, 5.41) is 11.0. The topological polar surface area (TPSA) is 69.2 Å². The summed E-state index contributed by atoms with van der Waals surface area (Å²) in [5.74, 6) is 0.308. The molecule has 0 saturated heterocycles. The van der Waals surface area contributed by atoms with Crippen molar-refractivity contribution in [2.75, 3.05) is 0 Å². The molecule has 3 rings (SSSR count). The van der Waals surface area contributed by atoms with Crippen LogP contribution < -0.4 is 5.73 Å². The molecule has 0 aliphatic heterocycles. The molecule has 2 aromatic carbocycles. The van der Waals surface area contributed by atoms with E-state index in [9.17, 15) is 10.1 Å². The second-order valence-electron chi connectivity index (χ2n) is 5.71. The zero-order valence-electron chi connectivity index (χ0n) is 12.0. The summed E-state index contributed by atoms with van der Waals surface area (Å²) in [7, 11) is 0. The zero-order chi connectivity index (χ0) is 15.0. The molecule has 0 amide bonds. The molecule has 21 heavy (non-hydrogen) atoms. The third-order valence-corrected chi connectivity index (χ3v) is 4.50. The van der Waals surface area contributed by atoms with Crippen LogP contribution >= 0.6 is 0 Å². The fourth-order valence-corrected chi connectivity index (χ4v) is 3.28. The van der Waals surface area contributed by atoms with Crippen molar-refractivity contribution in [3.05, 3.63) is 74.8 Å². The molecular formula is C17H18N2O2. The van der Waals surface area contributed by atoms with Gasteiger partial charge in [0.2, 0.25) is 0 Å². The molecule has 0 heterocycles. The number of nitro groups is 1. The summed E-state index contributed by atoms with van der Waals surface area (Å²) in [4.78, 5) is 10.7. The van der Waals surface area contributed by atoms with Crippen LogP contribution in [0.5, 0.6) is 0 Å². The van der Waals surface area contributed by atoms with Crippen LogP contribution in [-0.2, 0) is 12.8 Å². The lowest BCUT2D eigenvalue weighted by Gasteiger charge is -2.17. The van der Waals surface area contributed by atoms with Gasteiger partial charge in [-0.2, -0.15) is 0 Å². The predicted molar refractivity (Wildman–Crippen MR) is 82.1 cm³/mol. The van der Waals surface area contributed by atoms with Crippen molar-refractivity contribution in [3.8, 4) is 0 Å². The fraction of sp³-hybridized carbons (Fsp3) is 0.294. The number of nitro benzene ring substituents is 1. The molecular weight excluding hydrogens is 264 g/mol. The minimum atomic E-state index is -0.317. The lowest BCUT2D eigenvalue weighted by atomic mass is 9.91. The number of fused-ring (bicyclic) bond motifs is 1. The van der Waals surface area contributed by atoms with Crippen LogP contribution in [0.4, 0.5) is 5.69 Å². The maximum atomic E-state index is 11.0. The average Bonchev–Trinajstić information content (AvgIpc) is 2.78. The number of hydrogen-bond donors (Lipinski definition) is 1. The Morgan fingerprint density at radius 3 is 2.71 bits per heavy atom. The van der Waals surface area contributed by atoms with Crippen LogP contribution in [0.15, 0.2) is 42.5 Å². The Kier molecular flexibility index (Phi) is 3.47. The van der Waals surface area contributed by atoms with Crippen molar-refractivity contribution in [1.82, 2.24) is 0 Å². The number of nitrogens with two attached hydrogens (primary N) is 1. The maximum absolute atomic E-state index is 11.0. The van der Waals surface area contributed by atoms with E-state index in [-0.39, 0.29) is 16.7 Å². The van der Waals surface area contributed by atoms with E-state index in [1.807, 2.05) is 25.1 Å². The molecule has 2 unspecified atom stereocenters. The molecule has 4 heteroatoms. The number of rotatable bonds is 3. The minimum absolute atomic E-state index is 0.0138. The SMILES string of the molecule is Cc1c(CC2Cc3ccccc3C2N)cccc1[N+](=O)[O-]. The molecule has 0 aromatic heterocycles. The van der Waals surface area contributed by atoms with Crippen LogP contribution in [0.1, 0.15) is 28.3 Å². The van der Waals surface area contributed by atoms with Crippen molar-refractivity contribution < 1.29 is 4.92 Å². The highest BCUT2D eigenvalue weighted by Crippen LogP contribution is 2.37. The molecule has 2 atom stereocenters. The van der Waals surface area contributed by atoms with Gasteiger partial charge in [-0.25, -0.2) is 0 Å². The monoisotopic (exact) mass is 282 g/mol. The quantitative estimate of drug-likeness (QED) is 0.693. The second kappa shape index (κ2) is 5.30. The molecule has 0 radical (unpaired) electrons. The molecule has 1 aliphatic carbocycles. The van der Waals surface area contributed by atoms with Crippen molar-refractivity contribution in [2.24, 2.45) is 11.7 Å². The minimum Gasteiger partial charge on any atom is -0.324 e. The maximum Gasteiger partial charge on any atom is 0.272 e. The van der Waals surface area contributed by atoms with Gasteiger partial charge in [0.05, 0.1) is 4.92 Å². The van der Waals surface area contributed by atoms with E-state index in [2.05, 4.69) is 12.1 Å². The average molecular weight is 282 g/mol. The van der Waals surface area contributed by atoms with Crippen LogP contribution in [0, 0.1) is 23.0 Å². The Morgan fingerprint density at radius 1 is 1.24 bits per heavy atom. The van der Waals surface area contributed by atoms with Crippen LogP contribution in [0.3, 0.4) is 0 Å². The van der Waals surface area contributed by atoms with E-state index in [4.69, 9.17) is 5.73 Å². The normalized spacial score (nSPS) is 20.3. The standard InChI is InChI=1S/C17H18N2O2/c1-11-12(6-4-8-16(11)19(20)21)9-14-10-13-5-2-3-7-15(13)17(14)18/h2-8,14,17H,9-10,18H2,1H3. The fourth-order valence-electron chi connectivity index (χ4n) is 3.28. The molecule has 0 fully saturated rings. The molecule has 108 valence electrons. The third kappa shape index (κ3) is 2.43. The van der Waals surface area contributed by atoms with Gasteiger partial charge in [0, 0.05) is 17.7 Å². The van der Waals surface area contributed by atoms with Crippen molar-refractivity contribution in [2.45, 2.75) is 25.8 Å². The molecule has 1 aliphatic rings. The molecule has 2 aromatic rings. The molecule has 0 bridgehead atoms.